The van der Waals surface area contributed by atoms with Crippen molar-refractivity contribution < 1.29 is 14.3 Å². The van der Waals surface area contributed by atoms with Crippen LogP contribution in [0.4, 0.5) is 0 Å². The van der Waals surface area contributed by atoms with E-state index in [1.165, 1.54) is 0 Å². The summed E-state index contributed by atoms with van der Waals surface area (Å²) < 4.78 is 5.46. The highest BCUT2D eigenvalue weighted by atomic mass is 16.5. The summed E-state index contributed by atoms with van der Waals surface area (Å²) in [5.74, 6) is -0.152. The molecule has 0 radical (unpaired) electrons. The molecule has 1 fully saturated rings. The molecule has 1 aliphatic rings. The largest absolute Gasteiger partial charge is 0.377 e. The molecule has 126 valence electrons. The first-order valence-corrected chi connectivity index (χ1v) is 8.02. The van der Waals surface area contributed by atoms with Crippen LogP contribution in [0.1, 0.15) is 55.3 Å². The Morgan fingerprint density at radius 3 is 2.00 bits per heavy atom. The van der Waals surface area contributed by atoms with Crippen LogP contribution in [0.25, 0.3) is 0 Å². The van der Waals surface area contributed by atoms with Gasteiger partial charge in [0.25, 0.3) is 11.8 Å². The molecule has 0 aliphatic carbocycles. The minimum Gasteiger partial charge on any atom is -0.377 e. The van der Waals surface area contributed by atoms with Crippen LogP contribution in [0.3, 0.4) is 0 Å². The number of morpholine rings is 1. The Bertz CT molecular complexity index is 565. The van der Waals surface area contributed by atoms with Crippen LogP contribution < -0.4 is 5.32 Å². The van der Waals surface area contributed by atoms with Crippen LogP contribution in [0.15, 0.2) is 24.3 Å². The summed E-state index contributed by atoms with van der Waals surface area (Å²) in [5.41, 5.74) is 0.863. The molecule has 0 bridgehead atoms. The van der Waals surface area contributed by atoms with Crippen LogP contribution in [0, 0.1) is 0 Å². The molecule has 1 aromatic carbocycles. The van der Waals surface area contributed by atoms with Crippen molar-refractivity contribution in [2.24, 2.45) is 0 Å². The number of rotatable bonds is 2. The molecule has 0 saturated carbocycles. The van der Waals surface area contributed by atoms with Crippen molar-refractivity contribution in [3.8, 4) is 0 Å². The molecule has 5 nitrogen and oxygen atoms in total. The first-order valence-electron chi connectivity index (χ1n) is 8.02. The second-order valence-corrected chi connectivity index (χ2v) is 7.23. The second kappa shape index (κ2) is 6.71. The molecule has 1 N–H and O–H groups in total. The number of carbonyl (C=O) groups is 2. The van der Waals surface area contributed by atoms with E-state index in [0.29, 0.717) is 24.3 Å². The first-order chi connectivity index (χ1) is 10.7. The number of nitrogens with zero attached hydrogens (tertiary/aromatic N) is 1. The Hall–Kier alpha value is -1.88. The Morgan fingerprint density at radius 1 is 1.04 bits per heavy atom. The SMILES string of the molecule is C[C@H]1COC[C@H](C)N1C(=O)c1ccc(C(=O)NC(C)(C)C)cc1. The van der Waals surface area contributed by atoms with Gasteiger partial charge in [-0.1, -0.05) is 0 Å². The van der Waals surface area contributed by atoms with Gasteiger partial charge in [0.15, 0.2) is 0 Å². The quantitative estimate of drug-likeness (QED) is 0.911. The molecule has 2 atom stereocenters. The molecule has 23 heavy (non-hydrogen) atoms. The van der Waals surface area contributed by atoms with E-state index in [4.69, 9.17) is 4.74 Å². The third-order valence-electron chi connectivity index (χ3n) is 3.78. The van der Waals surface area contributed by atoms with E-state index < -0.39 is 0 Å². The number of nitrogens with one attached hydrogen (secondary N) is 1. The summed E-state index contributed by atoms with van der Waals surface area (Å²) in [6.45, 7) is 10.9. The van der Waals surface area contributed by atoms with Gasteiger partial charge in [-0.3, -0.25) is 9.59 Å². The minimum atomic E-state index is -0.287. The summed E-state index contributed by atoms with van der Waals surface area (Å²) in [6, 6.07) is 6.93. The van der Waals surface area contributed by atoms with Crippen LogP contribution in [0.5, 0.6) is 0 Å². The van der Waals surface area contributed by atoms with Gasteiger partial charge in [0.05, 0.1) is 25.3 Å². The summed E-state index contributed by atoms with van der Waals surface area (Å²) >= 11 is 0. The van der Waals surface area contributed by atoms with Crippen molar-refractivity contribution in [2.45, 2.75) is 52.2 Å². The van der Waals surface area contributed by atoms with Crippen molar-refractivity contribution in [3.63, 3.8) is 0 Å². The zero-order valence-corrected chi connectivity index (χ0v) is 14.6. The number of amides is 2. The van der Waals surface area contributed by atoms with Gasteiger partial charge in [-0.15, -0.1) is 0 Å². The maximum atomic E-state index is 12.7. The van der Waals surface area contributed by atoms with Crippen molar-refractivity contribution in [1.29, 1.82) is 0 Å². The summed E-state index contributed by atoms with van der Waals surface area (Å²) in [6.07, 6.45) is 0. The lowest BCUT2D eigenvalue weighted by molar-refractivity contribution is -0.0249. The molecule has 0 aromatic heterocycles. The standard InChI is InChI=1S/C18H26N2O3/c1-12-10-23-11-13(2)20(12)17(22)15-8-6-14(7-9-15)16(21)19-18(3,4)5/h6-9,12-13H,10-11H2,1-5H3,(H,19,21)/t12-,13-/m0/s1. The smallest absolute Gasteiger partial charge is 0.254 e. The highest BCUT2D eigenvalue weighted by Crippen LogP contribution is 2.18. The third kappa shape index (κ3) is 4.32. The minimum absolute atomic E-state index is 0.0175. The van der Waals surface area contributed by atoms with E-state index >= 15 is 0 Å². The van der Waals surface area contributed by atoms with Gasteiger partial charge in [0, 0.05) is 16.7 Å². The maximum Gasteiger partial charge on any atom is 0.254 e. The maximum absolute atomic E-state index is 12.7. The van der Waals surface area contributed by atoms with Crippen LogP contribution in [-0.4, -0.2) is 47.6 Å². The summed E-state index contributed by atoms with van der Waals surface area (Å²) in [5, 5.41) is 2.91. The van der Waals surface area contributed by atoms with E-state index in [-0.39, 0.29) is 29.4 Å². The van der Waals surface area contributed by atoms with Crippen molar-refractivity contribution in [2.75, 3.05) is 13.2 Å². The zero-order valence-electron chi connectivity index (χ0n) is 14.6. The van der Waals surface area contributed by atoms with Gasteiger partial charge in [0.1, 0.15) is 0 Å². The Labute approximate surface area is 138 Å². The Morgan fingerprint density at radius 2 is 1.52 bits per heavy atom. The van der Waals surface area contributed by atoms with E-state index in [0.717, 1.165) is 0 Å². The molecular weight excluding hydrogens is 292 g/mol. The molecule has 5 heteroatoms. The zero-order chi connectivity index (χ0) is 17.2. The van der Waals surface area contributed by atoms with Crippen molar-refractivity contribution >= 4 is 11.8 Å². The normalized spacial score (nSPS) is 21.9. The first kappa shape index (κ1) is 17.5. The molecule has 2 rings (SSSR count). The lowest BCUT2D eigenvalue weighted by atomic mass is 10.1. The monoisotopic (exact) mass is 318 g/mol. The highest BCUT2D eigenvalue weighted by Gasteiger charge is 2.30. The molecule has 1 aromatic rings. The molecule has 2 amide bonds. The topological polar surface area (TPSA) is 58.6 Å². The fraction of sp³-hybridized carbons (Fsp3) is 0.556. The number of hydrogen-bond donors (Lipinski definition) is 1. The van der Waals surface area contributed by atoms with Gasteiger partial charge in [-0.05, 0) is 58.9 Å². The van der Waals surface area contributed by atoms with Gasteiger partial charge in [-0.25, -0.2) is 0 Å². The van der Waals surface area contributed by atoms with Gasteiger partial charge in [0.2, 0.25) is 0 Å². The number of hydrogen-bond acceptors (Lipinski definition) is 3. The van der Waals surface area contributed by atoms with Gasteiger partial charge in [-0.2, -0.15) is 0 Å². The Kier molecular flexibility index (Phi) is 5.09. The average molecular weight is 318 g/mol. The van der Waals surface area contributed by atoms with E-state index in [1.807, 2.05) is 39.5 Å². The molecule has 0 spiro atoms. The predicted octanol–water partition coefficient (Wildman–Crippen LogP) is 2.46. The lowest BCUT2D eigenvalue weighted by Gasteiger charge is -2.38. The number of ether oxygens (including phenoxy) is 1. The molecule has 0 unspecified atom stereocenters. The third-order valence-corrected chi connectivity index (χ3v) is 3.78. The van der Waals surface area contributed by atoms with Gasteiger partial charge < -0.3 is 15.0 Å². The second-order valence-electron chi connectivity index (χ2n) is 7.23. The van der Waals surface area contributed by atoms with Gasteiger partial charge >= 0.3 is 0 Å². The van der Waals surface area contributed by atoms with E-state index in [9.17, 15) is 9.59 Å². The number of carbonyl (C=O) groups excluding carboxylic acids is 2. The summed E-state index contributed by atoms with van der Waals surface area (Å²) in [4.78, 5) is 26.7. The molecule has 1 aliphatic heterocycles. The molecule has 1 saturated heterocycles. The van der Waals surface area contributed by atoms with Crippen LogP contribution in [0.2, 0.25) is 0 Å². The fourth-order valence-electron chi connectivity index (χ4n) is 2.73. The lowest BCUT2D eigenvalue weighted by Crippen LogP contribution is -2.52. The molecular formula is C18H26N2O3. The average Bonchev–Trinajstić information content (AvgIpc) is 2.45. The Balaban J connectivity index is 2.12. The van der Waals surface area contributed by atoms with Crippen LogP contribution in [-0.2, 0) is 4.74 Å². The van der Waals surface area contributed by atoms with E-state index in [1.54, 1.807) is 24.3 Å². The van der Waals surface area contributed by atoms with Crippen molar-refractivity contribution in [1.82, 2.24) is 10.2 Å². The fourth-order valence-corrected chi connectivity index (χ4v) is 2.73. The predicted molar refractivity (Wildman–Crippen MR) is 89.6 cm³/mol. The van der Waals surface area contributed by atoms with Crippen molar-refractivity contribution in [3.05, 3.63) is 35.4 Å². The number of benzene rings is 1. The highest BCUT2D eigenvalue weighted by molar-refractivity contribution is 5.98. The van der Waals surface area contributed by atoms with E-state index in [2.05, 4.69) is 5.32 Å². The summed E-state index contributed by atoms with van der Waals surface area (Å²) in [7, 11) is 0. The van der Waals surface area contributed by atoms with Crippen LogP contribution >= 0.6 is 0 Å². The molecule has 1 heterocycles.